The van der Waals surface area contributed by atoms with E-state index in [0.717, 1.165) is 5.56 Å². The fraction of sp³-hybridized carbons (Fsp3) is 0.143. The molecule has 1 aromatic rings. The molecule has 0 aliphatic carbocycles. The van der Waals surface area contributed by atoms with Gasteiger partial charge in [0, 0.05) is 0 Å². The van der Waals surface area contributed by atoms with Gasteiger partial charge in [-0.2, -0.15) is 13.6 Å². The molecule has 1 aromatic carbocycles. The Kier molecular flexibility index (Phi) is 4.95. The molecule has 68 valence electrons. The van der Waals surface area contributed by atoms with Crippen LogP contribution in [0, 0.1) is 6.92 Å². The molecule has 0 radical (unpaired) electrons. The van der Waals surface area contributed by atoms with Crippen molar-refractivity contribution in [3.05, 3.63) is 29.8 Å². The van der Waals surface area contributed by atoms with E-state index in [1.54, 1.807) is 24.3 Å². The van der Waals surface area contributed by atoms with Crippen molar-refractivity contribution in [2.24, 2.45) is 5.14 Å². The predicted molar refractivity (Wildman–Crippen MR) is 52.1 cm³/mol. The standard InChI is InChI=1S/C7H9NO3S.Na.H/c1-6-2-4-7(5-3-6)11-12(8,9)10;;/h2-5H,1H3,(H2,8,9,10);;. The molecule has 0 fully saturated rings. The second-order valence-electron chi connectivity index (χ2n) is 2.39. The monoisotopic (exact) mass is 211 g/mol. The molecule has 0 aromatic heterocycles. The number of benzene rings is 1. The quantitative estimate of drug-likeness (QED) is 0.696. The Hall–Kier alpha value is -0.0700. The molecule has 0 heterocycles. The first-order chi connectivity index (χ1) is 5.47. The number of hydrogen-bond donors (Lipinski definition) is 1. The third-order valence-electron chi connectivity index (χ3n) is 1.23. The van der Waals surface area contributed by atoms with Gasteiger partial charge in [0.1, 0.15) is 5.75 Å². The maximum atomic E-state index is 10.4. The van der Waals surface area contributed by atoms with Gasteiger partial charge in [0.25, 0.3) is 0 Å². The molecule has 0 saturated carbocycles. The second-order valence-corrected chi connectivity index (χ2v) is 3.54. The molecule has 2 N–H and O–H groups in total. The second kappa shape index (κ2) is 4.97. The summed E-state index contributed by atoms with van der Waals surface area (Å²) in [6.07, 6.45) is 0. The Bertz CT molecular complexity index is 360. The molecular weight excluding hydrogens is 201 g/mol. The van der Waals surface area contributed by atoms with E-state index in [9.17, 15) is 8.42 Å². The van der Waals surface area contributed by atoms with Gasteiger partial charge in [-0.3, -0.25) is 0 Å². The zero-order valence-corrected chi connectivity index (χ0v) is 7.34. The van der Waals surface area contributed by atoms with Gasteiger partial charge in [-0.05, 0) is 19.1 Å². The number of aryl methyl sites for hydroxylation is 1. The van der Waals surface area contributed by atoms with Gasteiger partial charge >= 0.3 is 39.9 Å². The van der Waals surface area contributed by atoms with E-state index in [-0.39, 0.29) is 35.3 Å². The Morgan fingerprint density at radius 2 is 1.69 bits per heavy atom. The van der Waals surface area contributed by atoms with Crippen molar-refractivity contribution in [1.29, 1.82) is 0 Å². The van der Waals surface area contributed by atoms with Gasteiger partial charge in [-0.15, -0.1) is 0 Å². The van der Waals surface area contributed by atoms with Crippen LogP contribution in [-0.4, -0.2) is 38.0 Å². The summed E-state index contributed by atoms with van der Waals surface area (Å²) in [5.41, 5.74) is 1.02. The molecule has 0 aliphatic heterocycles. The summed E-state index contributed by atoms with van der Waals surface area (Å²) in [5.74, 6) is 0.225. The first-order valence-corrected chi connectivity index (χ1v) is 4.73. The molecule has 0 bridgehead atoms. The summed E-state index contributed by atoms with van der Waals surface area (Å²) < 4.78 is 25.3. The summed E-state index contributed by atoms with van der Waals surface area (Å²) in [6.45, 7) is 1.89. The normalized spacial score (nSPS) is 10.3. The van der Waals surface area contributed by atoms with E-state index in [0.29, 0.717) is 0 Å². The molecule has 4 nitrogen and oxygen atoms in total. The van der Waals surface area contributed by atoms with Gasteiger partial charge in [0.15, 0.2) is 0 Å². The summed E-state index contributed by atoms with van der Waals surface area (Å²) >= 11 is 0. The summed E-state index contributed by atoms with van der Waals surface area (Å²) in [6, 6.07) is 6.56. The molecule has 0 saturated heterocycles. The van der Waals surface area contributed by atoms with Crippen LogP contribution < -0.4 is 9.32 Å². The van der Waals surface area contributed by atoms with Crippen LogP contribution in [0.25, 0.3) is 0 Å². The molecule has 1 rings (SSSR count). The summed E-state index contributed by atoms with van der Waals surface area (Å²) in [5, 5.41) is 4.66. The van der Waals surface area contributed by atoms with Crippen molar-refractivity contribution in [1.82, 2.24) is 0 Å². The molecule has 0 aliphatic rings. The van der Waals surface area contributed by atoms with Crippen molar-refractivity contribution in [3.8, 4) is 5.75 Å². The topological polar surface area (TPSA) is 69.4 Å². The van der Waals surface area contributed by atoms with Crippen LogP contribution in [0.2, 0.25) is 0 Å². The number of hydrogen-bond acceptors (Lipinski definition) is 3. The molecular formula is C7H10NNaO3S. The van der Waals surface area contributed by atoms with Gasteiger partial charge < -0.3 is 4.18 Å². The van der Waals surface area contributed by atoms with Crippen LogP contribution in [0.1, 0.15) is 5.56 Å². The van der Waals surface area contributed by atoms with Crippen LogP contribution in [0.15, 0.2) is 24.3 Å². The van der Waals surface area contributed by atoms with E-state index in [2.05, 4.69) is 9.32 Å². The van der Waals surface area contributed by atoms with E-state index in [1.807, 2.05) is 6.92 Å². The predicted octanol–water partition coefficient (Wildman–Crippen LogP) is -0.0712. The minimum atomic E-state index is -3.89. The van der Waals surface area contributed by atoms with Crippen molar-refractivity contribution in [2.45, 2.75) is 6.92 Å². The van der Waals surface area contributed by atoms with Crippen LogP contribution in [0.3, 0.4) is 0 Å². The third kappa shape index (κ3) is 5.28. The fourth-order valence-corrected chi connectivity index (χ4v) is 1.11. The van der Waals surface area contributed by atoms with Crippen molar-refractivity contribution in [2.75, 3.05) is 0 Å². The van der Waals surface area contributed by atoms with Crippen molar-refractivity contribution in [3.63, 3.8) is 0 Å². The van der Waals surface area contributed by atoms with Crippen LogP contribution in [0.5, 0.6) is 5.75 Å². The number of rotatable bonds is 2. The molecule has 0 amide bonds. The molecule has 6 heteroatoms. The van der Waals surface area contributed by atoms with E-state index in [4.69, 9.17) is 0 Å². The van der Waals surface area contributed by atoms with Gasteiger partial charge in [0.2, 0.25) is 0 Å². The third-order valence-corrected chi connectivity index (χ3v) is 1.66. The summed E-state index contributed by atoms with van der Waals surface area (Å²) in [7, 11) is -3.89. The minimum absolute atomic E-state index is 0. The van der Waals surface area contributed by atoms with Gasteiger partial charge in [-0.25, -0.2) is 0 Å². The van der Waals surface area contributed by atoms with E-state index < -0.39 is 10.3 Å². The molecule has 13 heavy (non-hydrogen) atoms. The number of nitrogens with two attached hydrogens (primary N) is 1. The Labute approximate surface area is 99.6 Å². The van der Waals surface area contributed by atoms with E-state index >= 15 is 0 Å². The van der Waals surface area contributed by atoms with Gasteiger partial charge in [0.05, 0.1) is 0 Å². The average molecular weight is 211 g/mol. The van der Waals surface area contributed by atoms with Crippen molar-refractivity contribution < 1.29 is 12.6 Å². The van der Waals surface area contributed by atoms with Crippen molar-refractivity contribution >= 4 is 39.9 Å². The zero-order chi connectivity index (χ0) is 9.19. The first kappa shape index (κ1) is 12.9. The SMILES string of the molecule is Cc1ccc(OS(N)(=O)=O)cc1.[NaH]. The summed E-state index contributed by atoms with van der Waals surface area (Å²) in [4.78, 5) is 0. The average Bonchev–Trinajstić information content (AvgIpc) is 1.91. The fourth-order valence-electron chi connectivity index (χ4n) is 0.728. The van der Waals surface area contributed by atoms with E-state index in [1.165, 1.54) is 0 Å². The molecule has 0 unspecified atom stereocenters. The molecule has 0 atom stereocenters. The first-order valence-electron chi connectivity index (χ1n) is 3.26. The Morgan fingerprint density at radius 3 is 2.08 bits per heavy atom. The van der Waals surface area contributed by atoms with Gasteiger partial charge in [-0.1, -0.05) is 17.7 Å². The Morgan fingerprint density at radius 1 is 1.23 bits per heavy atom. The molecule has 0 spiro atoms. The zero-order valence-electron chi connectivity index (χ0n) is 6.52. The van der Waals surface area contributed by atoms with Crippen LogP contribution in [-0.2, 0) is 10.3 Å². The van der Waals surface area contributed by atoms with Crippen LogP contribution in [0.4, 0.5) is 0 Å². The Balaban J connectivity index is 0.00000144. The maximum absolute atomic E-state index is 10.4. The van der Waals surface area contributed by atoms with Crippen LogP contribution >= 0.6 is 0 Å².